The van der Waals surface area contributed by atoms with Gasteiger partial charge in [-0.15, -0.1) is 0 Å². The van der Waals surface area contributed by atoms with E-state index in [4.69, 9.17) is 14.3 Å². The number of aliphatic hydroxyl groups is 1. The highest BCUT2D eigenvalue weighted by molar-refractivity contribution is 5.92. The molecule has 134 valence electrons. The molecule has 3 aromatic rings. The van der Waals surface area contributed by atoms with E-state index < -0.39 is 0 Å². The highest BCUT2D eigenvalue weighted by Crippen LogP contribution is 2.27. The second-order valence-corrected chi connectivity index (χ2v) is 6.10. The molecule has 1 aromatic heterocycles. The van der Waals surface area contributed by atoms with Crippen molar-refractivity contribution in [2.45, 2.75) is 20.5 Å². The maximum Gasteiger partial charge on any atom is 0.262 e. The lowest BCUT2D eigenvalue weighted by molar-refractivity contribution is -0.118. The molecular weight excluding hydrogens is 330 g/mol. The Kier molecular flexibility index (Phi) is 5.39. The van der Waals surface area contributed by atoms with E-state index in [0.717, 1.165) is 16.7 Å². The second kappa shape index (κ2) is 7.89. The Morgan fingerprint density at radius 1 is 1.08 bits per heavy atom. The SMILES string of the molecule is Cc1ccc(OCC(=O)Nc2ccc(-c3ccc(CO)o3)c(C)c2)cc1. The van der Waals surface area contributed by atoms with Gasteiger partial charge in [-0.25, -0.2) is 0 Å². The van der Waals surface area contributed by atoms with Gasteiger partial charge in [-0.3, -0.25) is 4.79 Å². The normalized spacial score (nSPS) is 10.6. The third kappa shape index (κ3) is 4.32. The van der Waals surface area contributed by atoms with Gasteiger partial charge in [0.2, 0.25) is 0 Å². The number of hydrogen-bond donors (Lipinski definition) is 2. The highest BCUT2D eigenvalue weighted by Gasteiger charge is 2.10. The van der Waals surface area contributed by atoms with Crippen LogP contribution in [0.25, 0.3) is 11.3 Å². The van der Waals surface area contributed by atoms with Gasteiger partial charge < -0.3 is 19.6 Å². The minimum atomic E-state index is -0.224. The molecule has 0 saturated heterocycles. The van der Waals surface area contributed by atoms with Crippen LogP contribution in [0.15, 0.2) is 59.0 Å². The molecule has 1 amide bonds. The molecule has 0 aliphatic rings. The smallest absolute Gasteiger partial charge is 0.262 e. The molecule has 0 saturated carbocycles. The Balaban J connectivity index is 1.61. The zero-order chi connectivity index (χ0) is 18.5. The van der Waals surface area contributed by atoms with E-state index in [2.05, 4.69) is 5.32 Å². The number of carbonyl (C=O) groups is 1. The van der Waals surface area contributed by atoms with Crippen LogP contribution in [0.1, 0.15) is 16.9 Å². The molecule has 0 unspecified atom stereocenters. The van der Waals surface area contributed by atoms with E-state index in [1.54, 1.807) is 6.07 Å². The van der Waals surface area contributed by atoms with Crippen LogP contribution in [0, 0.1) is 13.8 Å². The molecule has 2 N–H and O–H groups in total. The number of ether oxygens (including phenoxy) is 1. The molecule has 2 aromatic carbocycles. The van der Waals surface area contributed by atoms with Crippen molar-refractivity contribution >= 4 is 11.6 Å². The van der Waals surface area contributed by atoms with Gasteiger partial charge in [0.25, 0.3) is 5.91 Å². The van der Waals surface area contributed by atoms with E-state index >= 15 is 0 Å². The first-order valence-corrected chi connectivity index (χ1v) is 8.35. The van der Waals surface area contributed by atoms with Crippen LogP contribution in [-0.4, -0.2) is 17.6 Å². The van der Waals surface area contributed by atoms with Crippen molar-refractivity contribution in [3.63, 3.8) is 0 Å². The van der Waals surface area contributed by atoms with Gasteiger partial charge in [0.1, 0.15) is 23.9 Å². The predicted octanol–water partition coefficient (Wildman–Crippen LogP) is 4.07. The summed E-state index contributed by atoms with van der Waals surface area (Å²) >= 11 is 0. The fourth-order valence-electron chi connectivity index (χ4n) is 2.61. The molecule has 0 fully saturated rings. The average Bonchev–Trinajstić information content (AvgIpc) is 3.10. The molecule has 0 bridgehead atoms. The number of anilines is 1. The minimum Gasteiger partial charge on any atom is -0.484 e. The van der Waals surface area contributed by atoms with E-state index in [9.17, 15) is 4.79 Å². The summed E-state index contributed by atoms with van der Waals surface area (Å²) in [6.07, 6.45) is 0. The summed E-state index contributed by atoms with van der Waals surface area (Å²) in [6.45, 7) is 3.75. The molecule has 26 heavy (non-hydrogen) atoms. The monoisotopic (exact) mass is 351 g/mol. The van der Waals surface area contributed by atoms with Crippen molar-refractivity contribution < 1.29 is 19.1 Å². The van der Waals surface area contributed by atoms with E-state index in [0.29, 0.717) is 23.0 Å². The summed E-state index contributed by atoms with van der Waals surface area (Å²) in [7, 11) is 0. The molecule has 0 aliphatic heterocycles. The summed E-state index contributed by atoms with van der Waals surface area (Å²) in [5.74, 6) is 1.64. The summed E-state index contributed by atoms with van der Waals surface area (Å²) in [5.41, 5.74) is 3.71. The quantitative estimate of drug-likeness (QED) is 0.702. The van der Waals surface area contributed by atoms with E-state index in [-0.39, 0.29) is 19.1 Å². The lowest BCUT2D eigenvalue weighted by Gasteiger charge is -2.10. The van der Waals surface area contributed by atoms with Crippen LogP contribution < -0.4 is 10.1 Å². The number of nitrogens with one attached hydrogen (secondary N) is 1. The first-order valence-electron chi connectivity index (χ1n) is 8.35. The number of aryl methyl sites for hydroxylation is 2. The van der Waals surface area contributed by atoms with Crippen LogP contribution >= 0.6 is 0 Å². The number of amides is 1. The summed E-state index contributed by atoms with van der Waals surface area (Å²) in [4.78, 5) is 12.1. The topological polar surface area (TPSA) is 71.7 Å². The molecule has 1 heterocycles. The van der Waals surface area contributed by atoms with Crippen LogP contribution in [0.5, 0.6) is 5.75 Å². The summed E-state index contributed by atoms with van der Waals surface area (Å²) in [6, 6.07) is 16.7. The number of furan rings is 1. The Morgan fingerprint density at radius 2 is 1.85 bits per heavy atom. The van der Waals surface area contributed by atoms with Crippen LogP contribution in [0.4, 0.5) is 5.69 Å². The van der Waals surface area contributed by atoms with Gasteiger partial charge in [-0.2, -0.15) is 0 Å². The zero-order valence-electron chi connectivity index (χ0n) is 14.8. The van der Waals surface area contributed by atoms with Gasteiger partial charge in [-0.1, -0.05) is 17.7 Å². The molecule has 3 rings (SSSR count). The van der Waals surface area contributed by atoms with E-state index in [1.807, 2.05) is 62.4 Å². The number of hydrogen-bond acceptors (Lipinski definition) is 4. The third-order valence-corrected chi connectivity index (χ3v) is 3.98. The lowest BCUT2D eigenvalue weighted by atomic mass is 10.1. The first kappa shape index (κ1) is 17.8. The van der Waals surface area contributed by atoms with Gasteiger partial charge in [0.05, 0.1) is 0 Å². The molecule has 0 atom stereocenters. The molecule has 5 nitrogen and oxygen atoms in total. The van der Waals surface area contributed by atoms with Gasteiger partial charge in [0, 0.05) is 11.3 Å². The largest absolute Gasteiger partial charge is 0.484 e. The van der Waals surface area contributed by atoms with Gasteiger partial charge in [0.15, 0.2) is 6.61 Å². The summed E-state index contributed by atoms with van der Waals surface area (Å²) in [5, 5.41) is 11.9. The number of aliphatic hydroxyl groups excluding tert-OH is 1. The number of benzene rings is 2. The third-order valence-electron chi connectivity index (χ3n) is 3.98. The van der Waals surface area contributed by atoms with Crippen molar-refractivity contribution in [1.29, 1.82) is 0 Å². The molecular formula is C21H21NO4. The van der Waals surface area contributed by atoms with Gasteiger partial charge >= 0.3 is 0 Å². The van der Waals surface area contributed by atoms with Crippen LogP contribution in [-0.2, 0) is 11.4 Å². The van der Waals surface area contributed by atoms with Gasteiger partial charge in [-0.05, 0) is 61.9 Å². The Bertz CT molecular complexity index is 897. The number of carbonyl (C=O) groups excluding carboxylic acids is 1. The predicted molar refractivity (Wildman–Crippen MR) is 100 cm³/mol. The summed E-state index contributed by atoms with van der Waals surface area (Å²) < 4.78 is 11.0. The average molecular weight is 351 g/mol. The maximum absolute atomic E-state index is 12.1. The van der Waals surface area contributed by atoms with E-state index in [1.165, 1.54) is 0 Å². The number of rotatable bonds is 6. The molecule has 5 heteroatoms. The first-order chi connectivity index (χ1) is 12.5. The molecule has 0 spiro atoms. The molecule has 0 aliphatic carbocycles. The lowest BCUT2D eigenvalue weighted by Crippen LogP contribution is -2.20. The van der Waals surface area contributed by atoms with Crippen molar-refractivity contribution in [1.82, 2.24) is 0 Å². The highest BCUT2D eigenvalue weighted by atomic mass is 16.5. The Morgan fingerprint density at radius 3 is 2.50 bits per heavy atom. The van der Waals surface area contributed by atoms with Crippen molar-refractivity contribution in [2.75, 3.05) is 11.9 Å². The Labute approximate surface area is 152 Å². The standard InChI is InChI=1S/C21H21NO4/c1-14-3-6-17(7-4-14)25-13-21(24)22-16-5-9-19(15(2)11-16)20-10-8-18(12-23)26-20/h3-11,23H,12-13H2,1-2H3,(H,22,24). The second-order valence-electron chi connectivity index (χ2n) is 6.10. The Hall–Kier alpha value is -3.05. The van der Waals surface area contributed by atoms with Crippen LogP contribution in [0.3, 0.4) is 0 Å². The minimum absolute atomic E-state index is 0.0537. The van der Waals surface area contributed by atoms with Crippen molar-refractivity contribution in [2.24, 2.45) is 0 Å². The van der Waals surface area contributed by atoms with Crippen molar-refractivity contribution in [3.8, 4) is 17.1 Å². The van der Waals surface area contributed by atoms with Crippen LogP contribution in [0.2, 0.25) is 0 Å². The fraction of sp³-hybridized carbons (Fsp3) is 0.190. The fourth-order valence-corrected chi connectivity index (χ4v) is 2.61. The van der Waals surface area contributed by atoms with Crippen molar-refractivity contribution in [3.05, 3.63) is 71.5 Å². The molecule has 0 radical (unpaired) electrons. The maximum atomic E-state index is 12.1. The zero-order valence-corrected chi connectivity index (χ0v) is 14.8.